The molecule has 2 aromatic heterocycles. The first-order valence-electron chi connectivity index (χ1n) is 12.7. The van der Waals surface area contributed by atoms with E-state index in [1.165, 1.54) is 13.2 Å². The van der Waals surface area contributed by atoms with E-state index in [0.29, 0.717) is 18.8 Å². The van der Waals surface area contributed by atoms with E-state index in [1.54, 1.807) is 32.3 Å². The zero-order valence-electron chi connectivity index (χ0n) is 22.5. The third kappa shape index (κ3) is 8.03. The van der Waals surface area contributed by atoms with E-state index in [4.69, 9.17) is 14.0 Å². The van der Waals surface area contributed by atoms with Crippen LogP contribution in [0.2, 0.25) is 0 Å². The minimum Gasteiger partial charge on any atom is -0.382 e. The smallest absolute Gasteiger partial charge is 0.274 e. The lowest BCUT2D eigenvalue weighted by Gasteiger charge is -2.25. The number of amides is 2. The first-order valence-corrected chi connectivity index (χ1v) is 12.7. The molecule has 0 aliphatic carbocycles. The summed E-state index contributed by atoms with van der Waals surface area (Å²) in [5, 5.41) is 9.18. The molecule has 0 radical (unpaired) electrons. The molecule has 11 heteroatoms. The Balaban J connectivity index is 1.78. The summed E-state index contributed by atoms with van der Waals surface area (Å²) in [6, 6.07) is 3.26. The second-order valence-corrected chi connectivity index (χ2v) is 10.3. The molecule has 206 valence electrons. The standard InChI is InChI=1S/C27H36N4O7/c1-16(2)9-20(24(33)27(4)15-37-27)29-25(34)19(11-18-7-6-8-28-13-18)12-23(32)22(14-36-5)30-26(35)21-10-17(3)38-31-21/h6-8,10,13,16,19-20,22H,9,11-12,14-15H2,1-5H3,(H,29,34)(H,30,35)/t19-,20+,22+,27-/m1/s1. The van der Waals surface area contributed by atoms with Crippen LogP contribution in [0.5, 0.6) is 0 Å². The van der Waals surface area contributed by atoms with Gasteiger partial charge < -0.3 is 24.6 Å². The zero-order valence-corrected chi connectivity index (χ0v) is 22.5. The lowest BCUT2D eigenvalue weighted by atomic mass is 9.89. The largest absolute Gasteiger partial charge is 0.382 e. The van der Waals surface area contributed by atoms with Crippen LogP contribution in [0.3, 0.4) is 0 Å². The van der Waals surface area contributed by atoms with Gasteiger partial charge in [0.25, 0.3) is 5.91 Å². The summed E-state index contributed by atoms with van der Waals surface area (Å²) in [7, 11) is 1.41. The lowest BCUT2D eigenvalue weighted by molar-refractivity contribution is -0.134. The van der Waals surface area contributed by atoms with Crippen molar-refractivity contribution < 1.29 is 33.2 Å². The molecule has 2 amide bonds. The van der Waals surface area contributed by atoms with E-state index < -0.39 is 41.2 Å². The Kier molecular flexibility index (Phi) is 9.87. The first-order chi connectivity index (χ1) is 18.0. The van der Waals surface area contributed by atoms with Crippen molar-refractivity contribution in [3.63, 3.8) is 0 Å². The molecule has 2 aromatic rings. The van der Waals surface area contributed by atoms with Crippen LogP contribution in [0.4, 0.5) is 0 Å². The molecule has 0 aromatic carbocycles. The molecular weight excluding hydrogens is 492 g/mol. The average molecular weight is 529 g/mol. The molecule has 2 N–H and O–H groups in total. The van der Waals surface area contributed by atoms with Crippen molar-refractivity contribution in [2.24, 2.45) is 11.8 Å². The summed E-state index contributed by atoms with van der Waals surface area (Å²) in [4.78, 5) is 56.7. The van der Waals surface area contributed by atoms with Crippen molar-refractivity contribution in [1.29, 1.82) is 0 Å². The summed E-state index contributed by atoms with van der Waals surface area (Å²) < 4.78 is 15.4. The number of ether oxygens (including phenoxy) is 2. The van der Waals surface area contributed by atoms with Crippen LogP contribution in [-0.4, -0.2) is 71.5 Å². The highest BCUT2D eigenvalue weighted by Crippen LogP contribution is 2.30. The fraction of sp³-hybridized carbons (Fsp3) is 0.556. The average Bonchev–Trinajstić information content (AvgIpc) is 3.48. The second kappa shape index (κ2) is 12.9. The number of nitrogens with zero attached hydrogens (tertiary/aromatic N) is 2. The van der Waals surface area contributed by atoms with Crippen LogP contribution in [0.15, 0.2) is 35.1 Å². The number of ketones is 2. The van der Waals surface area contributed by atoms with E-state index in [2.05, 4.69) is 20.8 Å². The normalized spacial score (nSPS) is 18.9. The van der Waals surface area contributed by atoms with Gasteiger partial charge in [0.15, 0.2) is 17.3 Å². The van der Waals surface area contributed by atoms with Gasteiger partial charge in [-0.3, -0.25) is 24.2 Å². The molecule has 4 atom stereocenters. The number of carbonyl (C=O) groups is 4. The van der Waals surface area contributed by atoms with Gasteiger partial charge in [-0.25, -0.2) is 0 Å². The van der Waals surface area contributed by atoms with Gasteiger partial charge in [0.2, 0.25) is 5.91 Å². The number of hydrogen-bond acceptors (Lipinski definition) is 9. The third-order valence-electron chi connectivity index (χ3n) is 6.35. The van der Waals surface area contributed by atoms with E-state index >= 15 is 0 Å². The summed E-state index contributed by atoms with van der Waals surface area (Å²) in [5.74, 6) is -1.81. The Morgan fingerprint density at radius 1 is 1.18 bits per heavy atom. The van der Waals surface area contributed by atoms with E-state index in [-0.39, 0.29) is 36.8 Å². The molecule has 3 rings (SSSR count). The SMILES string of the molecule is COC[C@H](NC(=O)c1cc(C)on1)C(=O)C[C@@H](Cc1cccnc1)C(=O)N[C@@H](CC(C)C)C(=O)[C@@]1(C)CO1. The lowest BCUT2D eigenvalue weighted by Crippen LogP contribution is -2.50. The van der Waals surface area contributed by atoms with Gasteiger partial charge in [0.1, 0.15) is 17.4 Å². The number of rotatable bonds is 15. The number of carbonyl (C=O) groups excluding carboxylic acids is 4. The minimum atomic E-state index is -1.01. The quantitative estimate of drug-likeness (QED) is 0.330. The predicted molar refractivity (Wildman–Crippen MR) is 136 cm³/mol. The number of pyridine rings is 1. The summed E-state index contributed by atoms with van der Waals surface area (Å²) in [6.07, 6.45) is 3.72. The summed E-state index contributed by atoms with van der Waals surface area (Å²) in [6.45, 7) is 7.52. The molecule has 0 spiro atoms. The molecule has 0 saturated carbocycles. The molecule has 11 nitrogen and oxygen atoms in total. The Morgan fingerprint density at radius 3 is 2.47 bits per heavy atom. The number of hydrogen-bond donors (Lipinski definition) is 2. The molecule has 1 fully saturated rings. The van der Waals surface area contributed by atoms with Crippen molar-refractivity contribution in [2.75, 3.05) is 20.3 Å². The summed E-state index contributed by atoms with van der Waals surface area (Å²) in [5.41, 5.74) is -0.101. The van der Waals surface area contributed by atoms with Crippen LogP contribution in [0.25, 0.3) is 0 Å². The third-order valence-corrected chi connectivity index (χ3v) is 6.35. The van der Waals surface area contributed by atoms with Crippen LogP contribution in [0.1, 0.15) is 55.4 Å². The molecule has 38 heavy (non-hydrogen) atoms. The maximum absolute atomic E-state index is 13.5. The number of Topliss-reactive ketones (excluding diaryl/α,β-unsaturated/α-hetero) is 2. The highest BCUT2D eigenvalue weighted by atomic mass is 16.6. The number of epoxide rings is 1. The minimum absolute atomic E-state index is 0.0342. The maximum atomic E-state index is 13.5. The fourth-order valence-corrected chi connectivity index (χ4v) is 4.14. The molecule has 1 saturated heterocycles. The second-order valence-electron chi connectivity index (χ2n) is 10.3. The van der Waals surface area contributed by atoms with E-state index in [0.717, 1.165) is 5.56 Å². The zero-order chi connectivity index (χ0) is 27.9. The Bertz CT molecular complexity index is 1130. The van der Waals surface area contributed by atoms with E-state index in [1.807, 2.05) is 19.9 Å². The van der Waals surface area contributed by atoms with Gasteiger partial charge in [-0.05, 0) is 44.2 Å². The number of nitrogens with one attached hydrogen (secondary N) is 2. The molecule has 1 aliphatic rings. The number of aryl methyl sites for hydroxylation is 1. The Labute approximate surface area is 222 Å². The van der Waals surface area contributed by atoms with Gasteiger partial charge in [0.05, 0.1) is 19.3 Å². The van der Waals surface area contributed by atoms with Crippen LogP contribution in [-0.2, 0) is 30.3 Å². The highest BCUT2D eigenvalue weighted by Gasteiger charge is 2.50. The van der Waals surface area contributed by atoms with Crippen LogP contribution < -0.4 is 10.6 Å². The van der Waals surface area contributed by atoms with Crippen molar-refractivity contribution in [1.82, 2.24) is 20.8 Å². The molecule has 0 unspecified atom stereocenters. The number of aromatic nitrogens is 2. The van der Waals surface area contributed by atoms with Gasteiger partial charge in [0, 0.05) is 37.9 Å². The molecule has 1 aliphatic heterocycles. The van der Waals surface area contributed by atoms with Crippen LogP contribution >= 0.6 is 0 Å². The molecule has 0 bridgehead atoms. The van der Waals surface area contributed by atoms with Gasteiger partial charge in [-0.2, -0.15) is 0 Å². The van der Waals surface area contributed by atoms with Crippen molar-refractivity contribution in [3.8, 4) is 0 Å². The van der Waals surface area contributed by atoms with Gasteiger partial charge >= 0.3 is 0 Å². The Morgan fingerprint density at radius 2 is 1.92 bits per heavy atom. The van der Waals surface area contributed by atoms with Crippen molar-refractivity contribution >= 4 is 23.4 Å². The van der Waals surface area contributed by atoms with Crippen molar-refractivity contribution in [2.45, 2.75) is 64.6 Å². The van der Waals surface area contributed by atoms with E-state index in [9.17, 15) is 19.2 Å². The van der Waals surface area contributed by atoms with Gasteiger partial charge in [-0.15, -0.1) is 0 Å². The maximum Gasteiger partial charge on any atom is 0.274 e. The van der Waals surface area contributed by atoms with Crippen LogP contribution in [0, 0.1) is 18.8 Å². The Hall–Kier alpha value is -3.44. The van der Waals surface area contributed by atoms with Gasteiger partial charge in [-0.1, -0.05) is 25.1 Å². The summed E-state index contributed by atoms with van der Waals surface area (Å²) >= 11 is 0. The monoisotopic (exact) mass is 528 g/mol. The predicted octanol–water partition coefficient (Wildman–Crippen LogP) is 1.83. The van der Waals surface area contributed by atoms with Crippen molar-refractivity contribution in [3.05, 3.63) is 47.6 Å². The highest BCUT2D eigenvalue weighted by molar-refractivity contribution is 5.99. The molecular formula is C27H36N4O7. The first kappa shape index (κ1) is 29.1. The number of methoxy groups -OCH3 is 1. The fourth-order valence-electron chi connectivity index (χ4n) is 4.14. The topological polar surface area (TPSA) is 153 Å². The molecule has 3 heterocycles.